The van der Waals surface area contributed by atoms with Gasteiger partial charge in [-0.1, -0.05) is 12.1 Å². The third kappa shape index (κ3) is 3.21. The van der Waals surface area contributed by atoms with Crippen molar-refractivity contribution in [2.75, 3.05) is 4.90 Å². The number of hydrogen-bond acceptors (Lipinski definition) is 4. The zero-order chi connectivity index (χ0) is 24.5. The van der Waals surface area contributed by atoms with Crippen LogP contribution in [-0.4, -0.2) is 35.3 Å². The van der Waals surface area contributed by atoms with Crippen LogP contribution < -0.4 is 4.90 Å². The zero-order valence-electron chi connectivity index (χ0n) is 18.0. The second-order valence-corrected chi connectivity index (χ2v) is 8.14. The molecular weight excluding hydrogens is 466 g/mol. The summed E-state index contributed by atoms with van der Waals surface area (Å²) in [7, 11) is 0. The minimum Gasteiger partial charge on any atom is -0.307 e. The highest BCUT2D eigenvalue weighted by atomic mass is 19.4. The van der Waals surface area contributed by atoms with Gasteiger partial charge < -0.3 is 4.40 Å². The molecule has 1 atom stereocenters. The van der Waals surface area contributed by atoms with E-state index in [1.54, 1.807) is 42.0 Å². The van der Waals surface area contributed by atoms with Crippen LogP contribution in [0, 0.1) is 12.7 Å². The van der Waals surface area contributed by atoms with Gasteiger partial charge >= 0.3 is 6.30 Å². The fourth-order valence-electron chi connectivity index (χ4n) is 4.45. The molecule has 1 aromatic carbocycles. The number of carbonyl (C=O) groups is 1. The van der Waals surface area contributed by atoms with E-state index < -0.39 is 24.1 Å². The molecule has 0 saturated carbocycles. The fourth-order valence-corrected chi connectivity index (χ4v) is 4.45. The maximum atomic E-state index is 15.5. The molecule has 0 radical (unpaired) electrons. The van der Waals surface area contributed by atoms with Gasteiger partial charge in [-0.05, 0) is 24.6 Å². The number of carbonyl (C=O) groups excluding carboxylic acids is 1. The predicted molar refractivity (Wildman–Crippen MR) is 116 cm³/mol. The number of aromatic amines is 1. The number of fused-ring (bicyclic) bond motifs is 2. The number of nitrogens with one attached hydrogen (secondary N) is 1. The number of amides is 1. The lowest BCUT2D eigenvalue weighted by molar-refractivity contribution is -0.212. The van der Waals surface area contributed by atoms with Gasteiger partial charge in [0.15, 0.2) is 5.69 Å². The second-order valence-electron chi connectivity index (χ2n) is 8.14. The summed E-state index contributed by atoms with van der Waals surface area (Å²) in [6, 6.07) is 6.72. The van der Waals surface area contributed by atoms with Gasteiger partial charge in [-0.15, -0.1) is 13.2 Å². The summed E-state index contributed by atoms with van der Waals surface area (Å²) in [5.41, 5.74) is 2.95. The lowest BCUT2D eigenvalue weighted by Crippen LogP contribution is -2.30. The first-order valence-corrected chi connectivity index (χ1v) is 10.4. The molecule has 5 aromatic rings. The molecule has 5 heterocycles. The lowest BCUT2D eigenvalue weighted by Gasteiger charge is -2.26. The summed E-state index contributed by atoms with van der Waals surface area (Å²) in [5, 5.41) is 10.2. The molecule has 0 bridgehead atoms. The molecule has 1 amide bonds. The average molecular weight is 481 g/mol. The van der Waals surface area contributed by atoms with Crippen LogP contribution in [0.1, 0.15) is 33.4 Å². The smallest absolute Gasteiger partial charge is 0.307 e. The number of H-pyrrole nitrogens is 1. The van der Waals surface area contributed by atoms with Crippen molar-refractivity contribution in [1.29, 1.82) is 0 Å². The Hall–Kier alpha value is -4.48. The molecule has 4 aromatic heterocycles. The lowest BCUT2D eigenvalue weighted by atomic mass is 9.96. The van der Waals surface area contributed by atoms with E-state index >= 15 is 4.39 Å². The monoisotopic (exact) mass is 481 g/mol. The van der Waals surface area contributed by atoms with Crippen LogP contribution >= 0.6 is 0 Å². The second kappa shape index (κ2) is 7.26. The number of imidazole rings is 1. The third-order valence-corrected chi connectivity index (χ3v) is 6.08. The maximum Gasteiger partial charge on any atom is 0.504 e. The van der Waals surface area contributed by atoms with Crippen molar-refractivity contribution >= 4 is 17.2 Å². The minimum absolute atomic E-state index is 0.108. The maximum absolute atomic E-state index is 15.5. The molecule has 1 aliphatic heterocycles. The van der Waals surface area contributed by atoms with Gasteiger partial charge in [0.1, 0.15) is 11.5 Å². The molecule has 0 aliphatic carbocycles. The van der Waals surface area contributed by atoms with Gasteiger partial charge in [-0.25, -0.2) is 9.37 Å². The van der Waals surface area contributed by atoms with Crippen LogP contribution in [0.3, 0.4) is 0 Å². The summed E-state index contributed by atoms with van der Waals surface area (Å²) in [4.78, 5) is 19.0. The molecule has 0 fully saturated rings. The molecule has 0 spiro atoms. The van der Waals surface area contributed by atoms with Gasteiger partial charge in [0, 0.05) is 53.2 Å². The Kier molecular flexibility index (Phi) is 4.37. The molecule has 1 unspecified atom stereocenters. The minimum atomic E-state index is -4.67. The Labute approximate surface area is 194 Å². The average Bonchev–Trinajstić information content (AvgIpc) is 3.59. The van der Waals surface area contributed by atoms with Crippen molar-refractivity contribution in [2.24, 2.45) is 0 Å². The highest BCUT2D eigenvalue weighted by Gasteiger charge is 2.43. The molecule has 8 nitrogen and oxygen atoms in total. The number of aromatic nitrogens is 6. The van der Waals surface area contributed by atoms with Crippen molar-refractivity contribution in [2.45, 2.75) is 19.3 Å². The van der Waals surface area contributed by atoms with E-state index in [1.807, 2.05) is 0 Å². The van der Waals surface area contributed by atoms with Gasteiger partial charge in [0.05, 0.1) is 17.9 Å². The summed E-state index contributed by atoms with van der Waals surface area (Å²) in [5.74, 6) is -1.08. The normalized spacial score (nSPS) is 15.9. The number of halogens is 4. The number of hydrogen-bond donors (Lipinski definition) is 1. The molecule has 1 aliphatic rings. The van der Waals surface area contributed by atoms with Crippen LogP contribution in [-0.2, 0) is 6.30 Å². The molecule has 12 heteroatoms. The number of nitrogens with zero attached hydrogens (tertiary/aromatic N) is 6. The predicted octanol–water partition coefficient (Wildman–Crippen LogP) is 4.59. The number of pyridine rings is 1. The van der Waals surface area contributed by atoms with E-state index in [4.69, 9.17) is 0 Å². The summed E-state index contributed by atoms with van der Waals surface area (Å²) >= 11 is 0. The fraction of sp³-hybridized carbons (Fsp3) is 0.130. The Morgan fingerprint density at radius 2 is 1.91 bits per heavy atom. The first-order chi connectivity index (χ1) is 16.7. The van der Waals surface area contributed by atoms with Crippen molar-refractivity contribution in [1.82, 2.24) is 29.4 Å². The Balaban J connectivity index is 1.46. The summed E-state index contributed by atoms with van der Waals surface area (Å²) in [6.07, 6.45) is 2.26. The summed E-state index contributed by atoms with van der Waals surface area (Å²) in [6.45, 7) is 1.74. The van der Waals surface area contributed by atoms with Crippen LogP contribution in [0.15, 0.2) is 61.3 Å². The standard InChI is InChI=1S/C23H15F4N7O/c1-12-19-20(31-30-12)22(35)34(15-4-6-32-7-5-28-18(32)9-15)21(19)16-3-2-13(8-17(16)24)14-10-29-33(11-14)23(25,26)27/h2-11,21H,1H3,(H,30,31). The van der Waals surface area contributed by atoms with Gasteiger partial charge in [0.2, 0.25) is 0 Å². The van der Waals surface area contributed by atoms with E-state index in [2.05, 4.69) is 20.3 Å². The van der Waals surface area contributed by atoms with Crippen LogP contribution in [0.2, 0.25) is 0 Å². The van der Waals surface area contributed by atoms with Gasteiger partial charge in [-0.2, -0.15) is 14.9 Å². The molecule has 6 rings (SSSR count). The highest BCUT2D eigenvalue weighted by Crippen LogP contribution is 2.43. The molecular formula is C23H15F4N7O. The largest absolute Gasteiger partial charge is 0.504 e. The van der Waals surface area contributed by atoms with E-state index in [-0.39, 0.29) is 27.1 Å². The quantitative estimate of drug-likeness (QED) is 0.382. The molecule has 0 saturated heterocycles. The molecule has 176 valence electrons. The molecule has 35 heavy (non-hydrogen) atoms. The first-order valence-electron chi connectivity index (χ1n) is 10.4. The highest BCUT2D eigenvalue weighted by molar-refractivity contribution is 6.10. The zero-order valence-corrected chi connectivity index (χ0v) is 18.0. The Morgan fingerprint density at radius 1 is 1.09 bits per heavy atom. The van der Waals surface area contributed by atoms with Gasteiger partial charge in [-0.3, -0.25) is 14.8 Å². The van der Waals surface area contributed by atoms with Crippen LogP contribution in [0.5, 0.6) is 0 Å². The Bertz CT molecular complexity index is 1610. The third-order valence-electron chi connectivity index (χ3n) is 6.08. The SMILES string of the molecule is Cc1[nH]nc2c1C(c1ccc(-c3cnn(C(F)(F)F)c3)cc1F)N(c1ccn3ccnc3c1)C2=O. The van der Waals surface area contributed by atoms with Crippen molar-refractivity contribution in [3.63, 3.8) is 0 Å². The van der Waals surface area contributed by atoms with Gasteiger partial charge in [0.25, 0.3) is 5.91 Å². The van der Waals surface area contributed by atoms with E-state index in [1.165, 1.54) is 17.0 Å². The van der Waals surface area contributed by atoms with E-state index in [9.17, 15) is 18.0 Å². The van der Waals surface area contributed by atoms with Crippen LogP contribution in [0.25, 0.3) is 16.8 Å². The first kappa shape index (κ1) is 21.1. The number of benzene rings is 1. The number of rotatable bonds is 3. The van der Waals surface area contributed by atoms with Crippen molar-refractivity contribution in [3.05, 3.63) is 89.6 Å². The van der Waals surface area contributed by atoms with Crippen molar-refractivity contribution < 1.29 is 22.4 Å². The van der Waals surface area contributed by atoms with E-state index in [0.717, 1.165) is 18.5 Å². The van der Waals surface area contributed by atoms with E-state index in [0.29, 0.717) is 22.6 Å². The number of aryl methyl sites for hydroxylation is 1. The topological polar surface area (TPSA) is 84.1 Å². The van der Waals surface area contributed by atoms with Crippen LogP contribution in [0.4, 0.5) is 23.2 Å². The number of alkyl halides is 3. The Morgan fingerprint density at radius 3 is 2.66 bits per heavy atom. The number of anilines is 1. The molecule has 1 N–H and O–H groups in total. The van der Waals surface area contributed by atoms with Crippen molar-refractivity contribution in [3.8, 4) is 11.1 Å². The summed E-state index contributed by atoms with van der Waals surface area (Å²) < 4.78 is 55.9.